The Hall–Kier alpha value is -2.08. The number of amides is 1. The first-order chi connectivity index (χ1) is 14.6. The average molecular weight is 536 g/mol. The van der Waals surface area contributed by atoms with Crippen LogP contribution in [0.3, 0.4) is 0 Å². The zero-order chi connectivity index (χ0) is 20.7. The van der Waals surface area contributed by atoms with E-state index in [-0.39, 0.29) is 11.8 Å². The molecule has 3 N–H and O–H groups in total. The summed E-state index contributed by atoms with van der Waals surface area (Å²) in [5.41, 5.74) is 8.72. The first-order valence-corrected chi connectivity index (χ1v) is 11.9. The minimum absolute atomic E-state index is 0.170. The summed E-state index contributed by atoms with van der Waals surface area (Å²) >= 11 is 3.81. The predicted octanol–water partition coefficient (Wildman–Crippen LogP) is 3.02. The molecule has 8 nitrogen and oxygen atoms in total. The van der Waals surface area contributed by atoms with Crippen molar-refractivity contribution >= 4 is 57.2 Å². The molecule has 1 aliphatic carbocycles. The van der Waals surface area contributed by atoms with Gasteiger partial charge in [-0.15, -0.1) is 0 Å². The lowest BCUT2D eigenvalue weighted by atomic mass is 10.2. The molecule has 0 radical (unpaired) electrons. The van der Waals surface area contributed by atoms with Gasteiger partial charge in [0.1, 0.15) is 11.3 Å². The Labute approximate surface area is 191 Å². The van der Waals surface area contributed by atoms with E-state index in [9.17, 15) is 4.79 Å². The molecule has 5 rings (SSSR count). The topological polar surface area (TPSA) is 108 Å². The van der Waals surface area contributed by atoms with Crippen LogP contribution in [-0.2, 0) is 17.8 Å². The normalized spacial score (nSPS) is 15.2. The molecule has 10 heteroatoms. The van der Waals surface area contributed by atoms with Gasteiger partial charge in [0.25, 0.3) is 0 Å². The maximum Gasteiger partial charge on any atom is 0.223 e. The standard InChI is InChI=1S/C20H21IN6O2S/c21-13-8-12-4-7-29-14(12)9-15(13)30-20-25-17(22)16-18(26-20)27(10-24-16)6-1-5-23-19(28)11-2-3-11/h8-11H,1-7H2,(H,23,28)(H2,22,25,26). The number of nitrogens with two attached hydrogens (primary N) is 1. The molecule has 2 aromatic heterocycles. The number of hydrogen-bond acceptors (Lipinski definition) is 7. The third kappa shape index (κ3) is 4.07. The molecule has 30 heavy (non-hydrogen) atoms. The van der Waals surface area contributed by atoms with Crippen molar-refractivity contribution < 1.29 is 9.53 Å². The summed E-state index contributed by atoms with van der Waals surface area (Å²) < 4.78 is 8.81. The highest BCUT2D eigenvalue weighted by molar-refractivity contribution is 14.1. The lowest BCUT2D eigenvalue weighted by molar-refractivity contribution is -0.122. The SMILES string of the molecule is Nc1nc(Sc2cc3c(cc2I)CCO3)nc2c1ncn2CCCNC(=O)C1CC1. The van der Waals surface area contributed by atoms with E-state index in [1.807, 2.05) is 4.57 Å². The third-order valence-corrected chi connectivity index (χ3v) is 7.42. The van der Waals surface area contributed by atoms with Crippen molar-refractivity contribution in [3.05, 3.63) is 27.6 Å². The molecular formula is C20H21IN6O2S. The van der Waals surface area contributed by atoms with Crippen LogP contribution in [0.15, 0.2) is 28.5 Å². The van der Waals surface area contributed by atoms with Crippen molar-refractivity contribution in [1.82, 2.24) is 24.8 Å². The molecule has 3 aromatic rings. The van der Waals surface area contributed by atoms with E-state index in [4.69, 9.17) is 15.5 Å². The highest BCUT2D eigenvalue weighted by atomic mass is 127. The molecule has 0 unspecified atom stereocenters. The van der Waals surface area contributed by atoms with Gasteiger partial charge in [0.05, 0.1) is 12.9 Å². The molecule has 1 saturated carbocycles. The van der Waals surface area contributed by atoms with E-state index in [1.165, 1.54) is 17.3 Å². The Kier molecular flexibility index (Phi) is 5.44. The number of nitrogens with zero attached hydrogens (tertiary/aromatic N) is 4. The minimum Gasteiger partial charge on any atom is -0.493 e. The molecule has 156 valence electrons. The first kappa shape index (κ1) is 19.9. The third-order valence-electron chi connectivity index (χ3n) is 5.24. The Morgan fingerprint density at radius 3 is 3.07 bits per heavy atom. The zero-order valence-electron chi connectivity index (χ0n) is 16.2. The molecule has 1 aromatic carbocycles. The number of hydrogen-bond donors (Lipinski definition) is 2. The summed E-state index contributed by atoms with van der Waals surface area (Å²) in [5.74, 6) is 1.71. The molecule has 0 atom stereocenters. The fourth-order valence-corrected chi connectivity index (χ4v) is 5.12. The molecule has 1 aliphatic heterocycles. The van der Waals surface area contributed by atoms with Gasteiger partial charge in [0.2, 0.25) is 5.91 Å². The van der Waals surface area contributed by atoms with Crippen LogP contribution in [0.4, 0.5) is 5.82 Å². The second-order valence-electron chi connectivity index (χ2n) is 7.51. The zero-order valence-corrected chi connectivity index (χ0v) is 19.2. The number of halogens is 1. The summed E-state index contributed by atoms with van der Waals surface area (Å²) in [4.78, 5) is 26.3. The van der Waals surface area contributed by atoms with Crippen LogP contribution in [0.25, 0.3) is 11.2 Å². The van der Waals surface area contributed by atoms with E-state index in [1.54, 1.807) is 6.33 Å². The van der Waals surface area contributed by atoms with Crippen molar-refractivity contribution in [2.24, 2.45) is 5.92 Å². The van der Waals surface area contributed by atoms with Gasteiger partial charge in [-0.1, -0.05) is 0 Å². The Morgan fingerprint density at radius 2 is 2.23 bits per heavy atom. The molecule has 0 spiro atoms. The van der Waals surface area contributed by atoms with E-state index in [2.05, 4.69) is 50.0 Å². The van der Waals surface area contributed by atoms with Crippen LogP contribution in [0.5, 0.6) is 5.75 Å². The Morgan fingerprint density at radius 1 is 1.37 bits per heavy atom. The number of aromatic nitrogens is 4. The number of rotatable bonds is 7. The van der Waals surface area contributed by atoms with Gasteiger partial charge in [-0.25, -0.2) is 15.0 Å². The average Bonchev–Trinajstić information content (AvgIpc) is 3.35. The quantitative estimate of drug-likeness (QED) is 0.272. The number of aryl methyl sites for hydroxylation is 1. The summed E-state index contributed by atoms with van der Waals surface area (Å²) in [6.07, 6.45) is 5.52. The van der Waals surface area contributed by atoms with Crippen LogP contribution in [-0.4, -0.2) is 38.6 Å². The van der Waals surface area contributed by atoms with Crippen molar-refractivity contribution in [1.29, 1.82) is 0 Å². The van der Waals surface area contributed by atoms with Crippen molar-refractivity contribution in [2.45, 2.75) is 42.3 Å². The molecule has 0 saturated heterocycles. The minimum atomic E-state index is 0.170. The largest absolute Gasteiger partial charge is 0.493 e. The Bertz CT molecular complexity index is 1130. The fourth-order valence-electron chi connectivity index (χ4n) is 3.46. The second kappa shape index (κ2) is 8.22. The fraction of sp³-hybridized carbons (Fsp3) is 0.400. The number of fused-ring (bicyclic) bond motifs is 2. The van der Waals surface area contributed by atoms with Crippen molar-refractivity contribution in [2.75, 3.05) is 18.9 Å². The lowest BCUT2D eigenvalue weighted by Gasteiger charge is -2.09. The van der Waals surface area contributed by atoms with Gasteiger partial charge in [0, 0.05) is 33.9 Å². The first-order valence-electron chi connectivity index (χ1n) is 9.97. The van der Waals surface area contributed by atoms with Gasteiger partial charge in [-0.05, 0) is 71.3 Å². The summed E-state index contributed by atoms with van der Waals surface area (Å²) in [7, 11) is 0. The van der Waals surface area contributed by atoms with Gasteiger partial charge >= 0.3 is 0 Å². The maximum absolute atomic E-state index is 11.8. The summed E-state index contributed by atoms with van der Waals surface area (Å²) in [5, 5.41) is 3.57. The molecule has 0 bridgehead atoms. The van der Waals surface area contributed by atoms with Crippen LogP contribution in [0.1, 0.15) is 24.8 Å². The van der Waals surface area contributed by atoms with Crippen LogP contribution in [0.2, 0.25) is 0 Å². The van der Waals surface area contributed by atoms with Gasteiger partial charge in [-0.2, -0.15) is 0 Å². The van der Waals surface area contributed by atoms with Crippen molar-refractivity contribution in [3.63, 3.8) is 0 Å². The molecule has 1 fully saturated rings. The second-order valence-corrected chi connectivity index (χ2v) is 9.68. The lowest BCUT2D eigenvalue weighted by Crippen LogP contribution is -2.26. The highest BCUT2D eigenvalue weighted by Crippen LogP contribution is 2.37. The number of ether oxygens (including phenoxy) is 1. The maximum atomic E-state index is 11.8. The summed E-state index contributed by atoms with van der Waals surface area (Å²) in [6.45, 7) is 2.08. The predicted molar refractivity (Wildman–Crippen MR) is 123 cm³/mol. The van der Waals surface area contributed by atoms with Crippen LogP contribution >= 0.6 is 34.4 Å². The molecule has 3 heterocycles. The highest BCUT2D eigenvalue weighted by Gasteiger charge is 2.29. The van der Waals surface area contributed by atoms with Gasteiger partial charge in [0.15, 0.2) is 16.6 Å². The number of benzene rings is 1. The van der Waals surface area contributed by atoms with Crippen LogP contribution in [0, 0.1) is 9.49 Å². The van der Waals surface area contributed by atoms with E-state index in [0.29, 0.717) is 35.2 Å². The Balaban J connectivity index is 1.32. The van der Waals surface area contributed by atoms with Crippen molar-refractivity contribution in [3.8, 4) is 5.75 Å². The number of anilines is 1. The summed E-state index contributed by atoms with van der Waals surface area (Å²) in [6, 6.07) is 4.21. The monoisotopic (exact) mass is 536 g/mol. The molecular weight excluding hydrogens is 515 g/mol. The molecule has 2 aliphatic rings. The number of carbonyl (C=O) groups excluding carboxylic acids is 1. The number of carbonyl (C=O) groups is 1. The van der Waals surface area contributed by atoms with E-state index >= 15 is 0 Å². The molecule has 1 amide bonds. The van der Waals surface area contributed by atoms with Gasteiger partial charge < -0.3 is 20.4 Å². The number of nitrogen functional groups attached to an aromatic ring is 1. The smallest absolute Gasteiger partial charge is 0.223 e. The number of nitrogens with one attached hydrogen (secondary N) is 1. The van der Waals surface area contributed by atoms with E-state index in [0.717, 1.165) is 46.5 Å². The van der Waals surface area contributed by atoms with Gasteiger partial charge in [-0.3, -0.25) is 4.79 Å². The van der Waals surface area contributed by atoms with Crippen LogP contribution < -0.4 is 15.8 Å². The number of imidazole rings is 1. The van der Waals surface area contributed by atoms with E-state index < -0.39 is 0 Å².